The zero-order valence-electron chi connectivity index (χ0n) is 12.9. The van der Waals surface area contributed by atoms with E-state index in [1.807, 2.05) is 13.1 Å². The quantitative estimate of drug-likeness (QED) is 0.556. The molecule has 5 rings (SSSR count). The first-order chi connectivity index (χ1) is 11.3. The van der Waals surface area contributed by atoms with Crippen molar-refractivity contribution in [1.29, 1.82) is 0 Å². The number of hydrogen-bond acceptors (Lipinski definition) is 2. The lowest BCUT2D eigenvalue weighted by atomic mass is 10.00. The summed E-state index contributed by atoms with van der Waals surface area (Å²) >= 11 is 0. The minimum atomic E-state index is 0.798. The minimum absolute atomic E-state index is 0.798. The maximum absolute atomic E-state index is 5.61. The average Bonchev–Trinajstić information content (AvgIpc) is 3.18. The molecule has 0 bridgehead atoms. The van der Waals surface area contributed by atoms with E-state index in [2.05, 4.69) is 52.4 Å². The Morgan fingerprint density at radius 1 is 1.00 bits per heavy atom. The monoisotopic (exact) mass is 300 g/mol. The molecule has 3 nitrogen and oxygen atoms in total. The predicted octanol–water partition coefficient (Wildman–Crippen LogP) is 4.63. The van der Waals surface area contributed by atoms with Crippen LogP contribution in [0.1, 0.15) is 11.3 Å². The van der Waals surface area contributed by atoms with Gasteiger partial charge in [0, 0.05) is 28.9 Å². The molecule has 0 radical (unpaired) electrons. The number of aryl methyl sites for hydroxylation is 1. The molecule has 112 valence electrons. The van der Waals surface area contributed by atoms with E-state index in [0.717, 1.165) is 35.5 Å². The molecule has 0 amide bonds. The van der Waals surface area contributed by atoms with E-state index in [-0.39, 0.29) is 0 Å². The largest absolute Gasteiger partial charge is 0.493 e. The van der Waals surface area contributed by atoms with Crippen molar-refractivity contribution < 1.29 is 4.74 Å². The zero-order valence-corrected chi connectivity index (χ0v) is 12.9. The zero-order chi connectivity index (χ0) is 15.4. The van der Waals surface area contributed by atoms with Gasteiger partial charge in [0.1, 0.15) is 5.75 Å². The highest BCUT2D eigenvalue weighted by molar-refractivity contribution is 6.09. The highest BCUT2D eigenvalue weighted by Crippen LogP contribution is 2.34. The molecule has 2 aromatic heterocycles. The fourth-order valence-electron chi connectivity index (χ4n) is 3.51. The molecule has 1 aliphatic heterocycles. The number of fused-ring (bicyclic) bond motifs is 4. The van der Waals surface area contributed by atoms with Gasteiger partial charge < -0.3 is 9.72 Å². The molecule has 0 fully saturated rings. The van der Waals surface area contributed by atoms with Crippen molar-refractivity contribution in [2.75, 3.05) is 6.61 Å². The molecule has 0 spiro atoms. The number of hydrogen-bond donors (Lipinski definition) is 1. The van der Waals surface area contributed by atoms with E-state index < -0.39 is 0 Å². The maximum Gasteiger partial charge on any atom is 0.122 e. The second-order valence-corrected chi connectivity index (χ2v) is 6.13. The molecular formula is C20H16N2O. The third kappa shape index (κ3) is 1.86. The number of aromatic nitrogens is 2. The summed E-state index contributed by atoms with van der Waals surface area (Å²) in [6.07, 6.45) is 2.88. The summed E-state index contributed by atoms with van der Waals surface area (Å²) in [5.74, 6) is 1.03. The third-order valence-electron chi connectivity index (χ3n) is 4.73. The van der Waals surface area contributed by atoms with Crippen molar-refractivity contribution in [1.82, 2.24) is 9.97 Å². The van der Waals surface area contributed by atoms with Crippen LogP contribution in [0.2, 0.25) is 0 Å². The van der Waals surface area contributed by atoms with Crippen LogP contribution >= 0.6 is 0 Å². The predicted molar refractivity (Wildman–Crippen MR) is 93.0 cm³/mol. The number of aromatic amines is 1. The Hall–Kier alpha value is -2.81. The van der Waals surface area contributed by atoms with Crippen LogP contribution in [0.4, 0.5) is 0 Å². The second kappa shape index (κ2) is 4.59. The number of pyridine rings is 1. The van der Waals surface area contributed by atoms with Gasteiger partial charge in [-0.3, -0.25) is 4.98 Å². The minimum Gasteiger partial charge on any atom is -0.493 e. The van der Waals surface area contributed by atoms with Crippen LogP contribution in [0.5, 0.6) is 5.75 Å². The molecule has 1 aliphatic rings. The molecule has 0 atom stereocenters. The summed E-state index contributed by atoms with van der Waals surface area (Å²) in [4.78, 5) is 7.86. The Bertz CT molecular complexity index is 1060. The van der Waals surface area contributed by atoms with Gasteiger partial charge in [0.05, 0.1) is 17.8 Å². The van der Waals surface area contributed by atoms with Gasteiger partial charge in [0.25, 0.3) is 0 Å². The maximum atomic E-state index is 5.61. The van der Waals surface area contributed by atoms with E-state index in [4.69, 9.17) is 4.74 Å². The summed E-state index contributed by atoms with van der Waals surface area (Å²) in [7, 11) is 0. The number of benzene rings is 2. The van der Waals surface area contributed by atoms with Crippen LogP contribution in [-0.4, -0.2) is 16.6 Å². The molecule has 4 aromatic rings. The SMILES string of the molecule is Cc1nccc2c1[nH]c1ccc(-c3ccc4c(c3)CCO4)cc12. The van der Waals surface area contributed by atoms with E-state index in [1.54, 1.807) is 0 Å². The van der Waals surface area contributed by atoms with E-state index >= 15 is 0 Å². The van der Waals surface area contributed by atoms with Gasteiger partial charge in [-0.2, -0.15) is 0 Å². The topological polar surface area (TPSA) is 37.9 Å². The Morgan fingerprint density at radius 2 is 1.87 bits per heavy atom. The van der Waals surface area contributed by atoms with Crippen LogP contribution in [0.15, 0.2) is 48.7 Å². The Kier molecular flexibility index (Phi) is 2.54. The van der Waals surface area contributed by atoms with Crippen molar-refractivity contribution in [2.45, 2.75) is 13.3 Å². The molecule has 3 heterocycles. The first kappa shape index (κ1) is 12.7. The molecule has 1 N–H and O–H groups in total. The summed E-state index contributed by atoms with van der Waals surface area (Å²) in [6, 6.07) is 15.2. The summed E-state index contributed by atoms with van der Waals surface area (Å²) in [6.45, 7) is 2.84. The van der Waals surface area contributed by atoms with E-state index in [1.165, 1.54) is 27.5 Å². The van der Waals surface area contributed by atoms with Crippen LogP contribution in [0, 0.1) is 6.92 Å². The lowest BCUT2D eigenvalue weighted by Crippen LogP contribution is -1.85. The van der Waals surface area contributed by atoms with Gasteiger partial charge >= 0.3 is 0 Å². The van der Waals surface area contributed by atoms with Crippen molar-refractivity contribution >= 4 is 21.8 Å². The normalized spacial score (nSPS) is 13.4. The molecule has 0 unspecified atom stereocenters. The van der Waals surface area contributed by atoms with Crippen molar-refractivity contribution in [3.63, 3.8) is 0 Å². The number of nitrogens with zero attached hydrogens (tertiary/aromatic N) is 1. The first-order valence-corrected chi connectivity index (χ1v) is 7.93. The number of H-pyrrole nitrogens is 1. The summed E-state index contributed by atoms with van der Waals surface area (Å²) in [5.41, 5.74) is 7.11. The Balaban J connectivity index is 1.73. The van der Waals surface area contributed by atoms with Crippen molar-refractivity contribution in [3.05, 3.63) is 59.9 Å². The molecule has 0 aliphatic carbocycles. The highest BCUT2D eigenvalue weighted by atomic mass is 16.5. The molecule has 0 saturated carbocycles. The molecule has 2 aromatic carbocycles. The van der Waals surface area contributed by atoms with E-state index in [0.29, 0.717) is 0 Å². The number of ether oxygens (including phenoxy) is 1. The lowest BCUT2D eigenvalue weighted by Gasteiger charge is -2.05. The molecule has 23 heavy (non-hydrogen) atoms. The van der Waals surface area contributed by atoms with Crippen LogP contribution < -0.4 is 4.74 Å². The van der Waals surface area contributed by atoms with E-state index in [9.17, 15) is 0 Å². The average molecular weight is 300 g/mol. The molecule has 0 saturated heterocycles. The fourth-order valence-corrected chi connectivity index (χ4v) is 3.51. The van der Waals surface area contributed by atoms with Crippen LogP contribution in [0.3, 0.4) is 0 Å². The van der Waals surface area contributed by atoms with Crippen molar-refractivity contribution in [2.24, 2.45) is 0 Å². The van der Waals surface area contributed by atoms with Gasteiger partial charge in [0.15, 0.2) is 0 Å². The fraction of sp³-hybridized carbons (Fsp3) is 0.150. The number of nitrogens with one attached hydrogen (secondary N) is 1. The lowest BCUT2D eigenvalue weighted by molar-refractivity contribution is 0.357. The van der Waals surface area contributed by atoms with Gasteiger partial charge in [-0.1, -0.05) is 12.1 Å². The smallest absolute Gasteiger partial charge is 0.122 e. The van der Waals surface area contributed by atoms with Gasteiger partial charge in [0.2, 0.25) is 0 Å². The van der Waals surface area contributed by atoms with Crippen molar-refractivity contribution in [3.8, 4) is 16.9 Å². The Morgan fingerprint density at radius 3 is 2.83 bits per heavy atom. The summed E-state index contributed by atoms with van der Waals surface area (Å²) in [5, 5.41) is 2.48. The standard InChI is InChI=1S/C20H16N2O/c1-12-20-16(6-8-21-12)17-11-14(2-4-18(17)22-20)13-3-5-19-15(10-13)7-9-23-19/h2-6,8,10-11,22H,7,9H2,1H3. The second-order valence-electron chi connectivity index (χ2n) is 6.13. The van der Waals surface area contributed by atoms with Gasteiger partial charge in [-0.25, -0.2) is 0 Å². The third-order valence-corrected chi connectivity index (χ3v) is 4.73. The van der Waals surface area contributed by atoms with Crippen LogP contribution in [0.25, 0.3) is 32.9 Å². The number of rotatable bonds is 1. The molecular weight excluding hydrogens is 284 g/mol. The summed E-state index contributed by atoms with van der Waals surface area (Å²) < 4.78 is 5.61. The van der Waals surface area contributed by atoms with Crippen LogP contribution in [-0.2, 0) is 6.42 Å². The first-order valence-electron chi connectivity index (χ1n) is 7.93. The van der Waals surface area contributed by atoms with Gasteiger partial charge in [-0.15, -0.1) is 0 Å². The van der Waals surface area contributed by atoms with Gasteiger partial charge in [-0.05, 0) is 53.9 Å². The Labute approximate surface area is 133 Å². The molecule has 3 heteroatoms. The highest BCUT2D eigenvalue weighted by Gasteiger charge is 2.13.